The topological polar surface area (TPSA) is 52.0 Å². The van der Waals surface area contributed by atoms with Crippen LogP contribution in [0.15, 0.2) is 58.5 Å². The molecule has 0 unspecified atom stereocenters. The third-order valence-electron chi connectivity index (χ3n) is 4.52. The number of carbonyl (C=O) groups is 1. The Bertz CT molecular complexity index is 1030. The van der Waals surface area contributed by atoms with Gasteiger partial charge in [0, 0.05) is 5.41 Å². The first-order valence-corrected chi connectivity index (χ1v) is 10.1. The Kier molecular flexibility index (Phi) is 5.51. The van der Waals surface area contributed by atoms with Gasteiger partial charge < -0.3 is 0 Å². The van der Waals surface area contributed by atoms with E-state index < -0.39 is 5.41 Å². The zero-order chi connectivity index (χ0) is 19.6. The fourth-order valence-corrected chi connectivity index (χ4v) is 3.84. The summed E-state index contributed by atoms with van der Waals surface area (Å²) in [5.41, 5.74) is 2.08. The molecule has 3 rings (SSSR count). The number of thioether (sulfide) groups is 1. The summed E-state index contributed by atoms with van der Waals surface area (Å²) in [6.45, 7) is 7.80. The van der Waals surface area contributed by atoms with E-state index in [4.69, 9.17) is 0 Å². The van der Waals surface area contributed by atoms with Crippen LogP contribution in [0.4, 0.5) is 0 Å². The standard InChI is InChI=1S/C22H24N2O2S/c1-5-15-10-12-16(13-11-15)24-20(26)17-8-6-7-9-18(17)23-21(24)27-14-19(25)22(2,3)4/h6-13H,5,14H2,1-4H3. The van der Waals surface area contributed by atoms with Crippen molar-refractivity contribution in [1.29, 1.82) is 0 Å². The van der Waals surface area contributed by atoms with Crippen molar-refractivity contribution in [3.8, 4) is 5.69 Å². The number of ketones is 1. The SMILES string of the molecule is CCc1ccc(-n2c(SCC(=O)C(C)(C)C)nc3ccccc3c2=O)cc1. The van der Waals surface area contributed by atoms with Crippen LogP contribution in [-0.2, 0) is 11.2 Å². The zero-order valence-electron chi connectivity index (χ0n) is 16.2. The molecule has 0 radical (unpaired) electrons. The van der Waals surface area contributed by atoms with E-state index >= 15 is 0 Å². The van der Waals surface area contributed by atoms with Gasteiger partial charge in [0.15, 0.2) is 5.16 Å². The van der Waals surface area contributed by atoms with E-state index in [0.717, 1.165) is 12.1 Å². The van der Waals surface area contributed by atoms with Gasteiger partial charge in [0.05, 0.1) is 22.3 Å². The Morgan fingerprint density at radius 2 is 1.74 bits per heavy atom. The fourth-order valence-electron chi connectivity index (χ4n) is 2.66. The number of hydrogen-bond acceptors (Lipinski definition) is 4. The smallest absolute Gasteiger partial charge is 0.266 e. The van der Waals surface area contributed by atoms with E-state index in [9.17, 15) is 9.59 Å². The van der Waals surface area contributed by atoms with Crippen LogP contribution >= 0.6 is 11.8 Å². The molecule has 5 heteroatoms. The molecular formula is C22H24N2O2S. The van der Waals surface area contributed by atoms with Crippen LogP contribution in [0, 0.1) is 5.41 Å². The molecule has 0 fully saturated rings. The van der Waals surface area contributed by atoms with E-state index in [2.05, 4.69) is 11.9 Å². The predicted molar refractivity (Wildman–Crippen MR) is 112 cm³/mol. The summed E-state index contributed by atoms with van der Waals surface area (Å²) in [4.78, 5) is 30.2. The van der Waals surface area contributed by atoms with E-state index in [-0.39, 0.29) is 17.1 Å². The van der Waals surface area contributed by atoms with Gasteiger partial charge in [0.2, 0.25) is 0 Å². The maximum Gasteiger partial charge on any atom is 0.266 e. The molecule has 0 atom stereocenters. The largest absolute Gasteiger partial charge is 0.298 e. The van der Waals surface area contributed by atoms with Crippen molar-refractivity contribution in [1.82, 2.24) is 9.55 Å². The van der Waals surface area contributed by atoms with Gasteiger partial charge in [-0.1, -0.05) is 63.7 Å². The number of aryl methyl sites for hydroxylation is 1. The van der Waals surface area contributed by atoms with Crippen LogP contribution in [0.2, 0.25) is 0 Å². The molecule has 1 aromatic heterocycles. The molecule has 3 aromatic rings. The normalized spacial score (nSPS) is 11.7. The van der Waals surface area contributed by atoms with E-state index in [1.54, 1.807) is 10.6 Å². The molecule has 0 spiro atoms. The van der Waals surface area contributed by atoms with E-state index in [1.807, 2.05) is 63.2 Å². The number of fused-ring (bicyclic) bond motifs is 1. The van der Waals surface area contributed by atoms with Crippen molar-refractivity contribution in [3.63, 3.8) is 0 Å². The quantitative estimate of drug-likeness (QED) is 0.477. The second kappa shape index (κ2) is 7.69. The summed E-state index contributed by atoms with van der Waals surface area (Å²) in [7, 11) is 0. The molecule has 0 aliphatic heterocycles. The Balaban J connectivity index is 2.12. The van der Waals surface area contributed by atoms with Crippen LogP contribution in [0.25, 0.3) is 16.6 Å². The van der Waals surface area contributed by atoms with Crippen molar-refractivity contribution in [2.75, 3.05) is 5.75 Å². The Morgan fingerprint density at radius 3 is 2.37 bits per heavy atom. The number of para-hydroxylation sites is 1. The van der Waals surface area contributed by atoms with Gasteiger partial charge in [-0.25, -0.2) is 4.98 Å². The Labute approximate surface area is 163 Å². The number of carbonyl (C=O) groups excluding carboxylic acids is 1. The number of Topliss-reactive ketones (excluding diaryl/α,β-unsaturated/α-hetero) is 1. The highest BCUT2D eigenvalue weighted by molar-refractivity contribution is 7.99. The van der Waals surface area contributed by atoms with Gasteiger partial charge in [0.25, 0.3) is 5.56 Å². The highest BCUT2D eigenvalue weighted by Crippen LogP contribution is 2.25. The molecule has 0 aliphatic rings. The van der Waals surface area contributed by atoms with Crippen molar-refractivity contribution in [2.24, 2.45) is 5.41 Å². The molecule has 0 amide bonds. The summed E-state index contributed by atoms with van der Waals surface area (Å²) in [6.07, 6.45) is 0.937. The molecule has 0 saturated heterocycles. The second-order valence-corrected chi connectivity index (χ2v) is 8.48. The highest BCUT2D eigenvalue weighted by atomic mass is 32.2. The number of aromatic nitrogens is 2. The molecule has 0 bridgehead atoms. The van der Waals surface area contributed by atoms with E-state index in [1.165, 1.54) is 17.3 Å². The lowest BCUT2D eigenvalue weighted by Gasteiger charge is -2.17. The number of hydrogen-bond donors (Lipinski definition) is 0. The number of nitrogens with zero attached hydrogens (tertiary/aromatic N) is 2. The van der Waals surface area contributed by atoms with Crippen LogP contribution in [-0.4, -0.2) is 21.1 Å². The molecule has 2 aromatic carbocycles. The van der Waals surface area contributed by atoms with Gasteiger partial charge >= 0.3 is 0 Å². The maximum absolute atomic E-state index is 13.2. The van der Waals surface area contributed by atoms with Crippen LogP contribution < -0.4 is 5.56 Å². The summed E-state index contributed by atoms with van der Waals surface area (Å²) < 4.78 is 1.61. The molecule has 27 heavy (non-hydrogen) atoms. The van der Waals surface area contributed by atoms with Gasteiger partial charge in [-0.05, 0) is 36.2 Å². The van der Waals surface area contributed by atoms with Crippen molar-refractivity contribution in [3.05, 3.63) is 64.4 Å². The average molecular weight is 381 g/mol. The Morgan fingerprint density at radius 1 is 1.07 bits per heavy atom. The van der Waals surface area contributed by atoms with Gasteiger partial charge in [-0.2, -0.15) is 0 Å². The number of benzene rings is 2. The van der Waals surface area contributed by atoms with Crippen molar-refractivity contribution >= 4 is 28.4 Å². The van der Waals surface area contributed by atoms with Crippen LogP contribution in [0.5, 0.6) is 0 Å². The minimum absolute atomic E-state index is 0.115. The van der Waals surface area contributed by atoms with E-state index in [0.29, 0.717) is 16.1 Å². The molecule has 0 saturated carbocycles. The molecule has 1 heterocycles. The first kappa shape index (κ1) is 19.4. The van der Waals surface area contributed by atoms with Gasteiger partial charge in [0.1, 0.15) is 5.78 Å². The first-order chi connectivity index (χ1) is 12.8. The fraction of sp³-hybridized carbons (Fsp3) is 0.318. The minimum atomic E-state index is -0.419. The van der Waals surface area contributed by atoms with Gasteiger partial charge in [-0.15, -0.1) is 0 Å². The Hall–Kier alpha value is -2.40. The summed E-state index contributed by atoms with van der Waals surface area (Å²) in [6, 6.07) is 15.2. The third-order valence-corrected chi connectivity index (χ3v) is 5.46. The van der Waals surface area contributed by atoms with Gasteiger partial charge in [-0.3, -0.25) is 14.2 Å². The molecule has 0 aliphatic carbocycles. The molecule has 140 valence electrons. The third kappa shape index (κ3) is 4.14. The second-order valence-electron chi connectivity index (χ2n) is 7.53. The molecule has 0 N–H and O–H groups in total. The lowest BCUT2D eigenvalue weighted by atomic mass is 9.92. The zero-order valence-corrected chi connectivity index (χ0v) is 17.0. The average Bonchev–Trinajstić information content (AvgIpc) is 2.65. The molecular weight excluding hydrogens is 356 g/mol. The lowest BCUT2D eigenvalue weighted by molar-refractivity contribution is -0.123. The van der Waals surface area contributed by atoms with Crippen LogP contribution in [0.3, 0.4) is 0 Å². The van der Waals surface area contributed by atoms with Crippen LogP contribution in [0.1, 0.15) is 33.3 Å². The van der Waals surface area contributed by atoms with Crippen molar-refractivity contribution < 1.29 is 4.79 Å². The summed E-state index contributed by atoms with van der Waals surface area (Å²) >= 11 is 1.32. The highest BCUT2D eigenvalue weighted by Gasteiger charge is 2.22. The van der Waals surface area contributed by atoms with Crippen molar-refractivity contribution in [2.45, 2.75) is 39.3 Å². The maximum atomic E-state index is 13.2. The lowest BCUT2D eigenvalue weighted by Crippen LogP contribution is -2.24. The first-order valence-electron chi connectivity index (χ1n) is 9.08. The minimum Gasteiger partial charge on any atom is -0.298 e. The number of rotatable bonds is 5. The summed E-state index contributed by atoms with van der Waals surface area (Å²) in [5, 5.41) is 1.11. The summed E-state index contributed by atoms with van der Waals surface area (Å²) in [5.74, 6) is 0.407. The molecule has 4 nitrogen and oxygen atoms in total. The predicted octanol–water partition coefficient (Wildman–Crippen LogP) is 4.66. The monoisotopic (exact) mass is 380 g/mol.